The molecule has 0 aromatic heterocycles. The second kappa shape index (κ2) is 4.88. The zero-order valence-corrected chi connectivity index (χ0v) is 10.6. The molecule has 3 aliphatic heterocycles. The molecular weight excluding hydrogens is 254 g/mol. The number of nitrogens with two attached hydrogens (primary N) is 1. The summed E-state index contributed by atoms with van der Waals surface area (Å²) in [5, 5.41) is 38.1. The van der Waals surface area contributed by atoms with Crippen molar-refractivity contribution in [2.75, 3.05) is 0 Å². The first-order valence-corrected chi connectivity index (χ1v) is 6.48. The first kappa shape index (κ1) is 13.6. The number of fused-ring (bicyclic) bond motifs is 1. The minimum atomic E-state index is -0.949. The summed E-state index contributed by atoms with van der Waals surface area (Å²) in [7, 11) is 0. The van der Waals surface area contributed by atoms with Gasteiger partial charge in [0.05, 0.1) is 30.6 Å². The van der Waals surface area contributed by atoms with Crippen molar-refractivity contribution in [1.82, 2.24) is 20.9 Å². The topological polar surface area (TPSA) is 135 Å². The van der Waals surface area contributed by atoms with E-state index in [-0.39, 0.29) is 18.3 Å². The van der Waals surface area contributed by atoms with Crippen molar-refractivity contribution in [3.8, 4) is 0 Å². The van der Waals surface area contributed by atoms with Crippen molar-refractivity contribution in [2.24, 2.45) is 5.73 Å². The normalized spacial score (nSPS) is 55.4. The van der Waals surface area contributed by atoms with Crippen LogP contribution in [0.3, 0.4) is 0 Å². The maximum absolute atomic E-state index is 10.1. The molecular formula is C10H21N5O4. The number of hydrogen-bond donors (Lipinski definition) is 7. The van der Waals surface area contributed by atoms with E-state index in [2.05, 4.69) is 16.0 Å². The quantitative estimate of drug-likeness (QED) is 0.256. The molecule has 3 aliphatic rings. The Kier molecular flexibility index (Phi) is 3.50. The lowest BCUT2D eigenvalue weighted by atomic mass is 10.1. The second-order valence-electron chi connectivity index (χ2n) is 5.32. The van der Waals surface area contributed by atoms with Crippen LogP contribution in [-0.2, 0) is 4.74 Å². The third-order valence-corrected chi connectivity index (χ3v) is 4.04. The standard InChI is InChI=1S/C10H21N5O4/c1-3-4(16)2-5(19-3)15-8-6(12-10(15)18)7(11)13-9(17)14-8/h3-10,12-14,16-18H,2,11H2,1H3. The average Bonchev–Trinajstić information content (AvgIpc) is 2.80. The van der Waals surface area contributed by atoms with Crippen molar-refractivity contribution in [2.45, 2.75) is 62.9 Å². The van der Waals surface area contributed by atoms with Crippen molar-refractivity contribution < 1.29 is 20.1 Å². The van der Waals surface area contributed by atoms with Gasteiger partial charge >= 0.3 is 0 Å². The number of aliphatic hydroxyl groups is 3. The van der Waals surface area contributed by atoms with Gasteiger partial charge in [0.2, 0.25) is 0 Å². The number of aliphatic hydroxyl groups excluding tert-OH is 3. The van der Waals surface area contributed by atoms with Crippen LogP contribution in [0.5, 0.6) is 0 Å². The highest BCUT2D eigenvalue weighted by atomic mass is 16.5. The number of ether oxygens (including phenoxy) is 1. The first-order valence-electron chi connectivity index (χ1n) is 6.48. The summed E-state index contributed by atoms with van der Waals surface area (Å²) in [6, 6.07) is -0.268. The molecule has 8 atom stereocenters. The van der Waals surface area contributed by atoms with Crippen LogP contribution in [0.15, 0.2) is 0 Å². The molecule has 19 heavy (non-hydrogen) atoms. The van der Waals surface area contributed by atoms with Crippen LogP contribution in [0.25, 0.3) is 0 Å². The van der Waals surface area contributed by atoms with Crippen LogP contribution in [0, 0.1) is 0 Å². The maximum Gasteiger partial charge on any atom is 0.166 e. The van der Waals surface area contributed by atoms with E-state index < -0.39 is 31.2 Å². The highest BCUT2D eigenvalue weighted by Gasteiger charge is 2.51. The molecule has 8 unspecified atom stereocenters. The van der Waals surface area contributed by atoms with Crippen LogP contribution >= 0.6 is 0 Å². The van der Waals surface area contributed by atoms with E-state index in [0.717, 1.165) is 0 Å². The molecule has 3 fully saturated rings. The molecule has 0 aromatic carbocycles. The van der Waals surface area contributed by atoms with Crippen LogP contribution in [0.1, 0.15) is 13.3 Å². The first-order chi connectivity index (χ1) is 8.97. The van der Waals surface area contributed by atoms with Gasteiger partial charge in [0.25, 0.3) is 0 Å². The molecule has 0 spiro atoms. The van der Waals surface area contributed by atoms with Gasteiger partial charge in [0.1, 0.15) is 6.23 Å². The van der Waals surface area contributed by atoms with E-state index >= 15 is 0 Å². The van der Waals surface area contributed by atoms with Crippen molar-refractivity contribution in [1.29, 1.82) is 0 Å². The summed E-state index contributed by atoms with van der Waals surface area (Å²) in [5.41, 5.74) is 5.89. The summed E-state index contributed by atoms with van der Waals surface area (Å²) in [4.78, 5) is 1.65. The molecule has 110 valence electrons. The van der Waals surface area contributed by atoms with Gasteiger partial charge in [-0.25, -0.2) is 4.90 Å². The van der Waals surface area contributed by atoms with Gasteiger partial charge in [-0.3, -0.25) is 16.0 Å². The fraction of sp³-hybridized carbons (Fsp3) is 1.00. The Morgan fingerprint density at radius 3 is 2.58 bits per heavy atom. The summed E-state index contributed by atoms with van der Waals surface area (Å²) in [6.07, 6.45) is -3.62. The monoisotopic (exact) mass is 275 g/mol. The highest BCUT2D eigenvalue weighted by Crippen LogP contribution is 2.29. The van der Waals surface area contributed by atoms with Gasteiger partial charge in [0.15, 0.2) is 12.7 Å². The smallest absolute Gasteiger partial charge is 0.166 e. The van der Waals surface area contributed by atoms with Crippen molar-refractivity contribution in [3.63, 3.8) is 0 Å². The largest absolute Gasteiger partial charge is 0.390 e. The Morgan fingerprint density at radius 2 is 1.95 bits per heavy atom. The van der Waals surface area contributed by atoms with E-state index in [1.807, 2.05) is 0 Å². The minimum absolute atomic E-state index is 0.268. The molecule has 0 radical (unpaired) electrons. The zero-order valence-electron chi connectivity index (χ0n) is 10.6. The number of nitrogens with zero attached hydrogens (tertiary/aromatic N) is 1. The molecule has 9 nitrogen and oxygen atoms in total. The molecule has 3 saturated heterocycles. The van der Waals surface area contributed by atoms with Crippen LogP contribution in [0.4, 0.5) is 0 Å². The van der Waals surface area contributed by atoms with Crippen LogP contribution in [-0.4, -0.2) is 69.7 Å². The predicted octanol–water partition coefficient (Wildman–Crippen LogP) is -3.89. The minimum Gasteiger partial charge on any atom is -0.390 e. The van der Waals surface area contributed by atoms with E-state index in [1.165, 1.54) is 0 Å². The zero-order chi connectivity index (χ0) is 13.7. The fourth-order valence-electron chi connectivity index (χ4n) is 2.99. The molecule has 9 heteroatoms. The Balaban J connectivity index is 1.77. The van der Waals surface area contributed by atoms with Gasteiger partial charge in [-0.2, -0.15) is 0 Å². The summed E-state index contributed by atoms with van der Waals surface area (Å²) in [6.45, 7) is 1.79. The Hall–Kier alpha value is -0.360. The van der Waals surface area contributed by atoms with Crippen LogP contribution in [0.2, 0.25) is 0 Å². The summed E-state index contributed by atoms with van der Waals surface area (Å²) in [5.74, 6) is 0. The average molecular weight is 275 g/mol. The number of rotatable bonds is 1. The molecule has 0 saturated carbocycles. The molecule has 3 heterocycles. The molecule has 0 amide bonds. The number of hydrogen-bond acceptors (Lipinski definition) is 9. The van der Waals surface area contributed by atoms with Gasteiger partial charge in [-0.1, -0.05) is 0 Å². The van der Waals surface area contributed by atoms with Gasteiger partial charge in [-0.05, 0) is 6.92 Å². The molecule has 0 aromatic rings. The third-order valence-electron chi connectivity index (χ3n) is 4.04. The third kappa shape index (κ3) is 2.27. The lowest BCUT2D eigenvalue weighted by Gasteiger charge is -2.40. The van der Waals surface area contributed by atoms with Crippen molar-refractivity contribution >= 4 is 0 Å². The van der Waals surface area contributed by atoms with E-state index in [0.29, 0.717) is 6.42 Å². The van der Waals surface area contributed by atoms with E-state index in [1.54, 1.807) is 11.8 Å². The van der Waals surface area contributed by atoms with Crippen molar-refractivity contribution in [3.05, 3.63) is 0 Å². The van der Waals surface area contributed by atoms with Gasteiger partial charge < -0.3 is 25.8 Å². The van der Waals surface area contributed by atoms with Gasteiger partial charge in [-0.15, -0.1) is 0 Å². The Bertz CT molecular complexity index is 338. The second-order valence-corrected chi connectivity index (χ2v) is 5.32. The molecule has 0 bridgehead atoms. The SMILES string of the molecule is CC1OC(N2C(O)NC3C(N)NC(O)NC32)CC1O. The Morgan fingerprint density at radius 1 is 1.21 bits per heavy atom. The number of nitrogens with one attached hydrogen (secondary N) is 3. The van der Waals surface area contributed by atoms with Crippen LogP contribution < -0.4 is 21.7 Å². The highest BCUT2D eigenvalue weighted by molar-refractivity contribution is 5.01. The molecule has 8 N–H and O–H groups in total. The lowest BCUT2D eigenvalue weighted by Crippen LogP contribution is -2.72. The Labute approximate surface area is 110 Å². The summed E-state index contributed by atoms with van der Waals surface area (Å²) >= 11 is 0. The van der Waals surface area contributed by atoms with E-state index in [4.69, 9.17) is 10.5 Å². The maximum atomic E-state index is 10.1. The fourth-order valence-corrected chi connectivity index (χ4v) is 2.99. The summed E-state index contributed by atoms with van der Waals surface area (Å²) < 4.78 is 5.64. The molecule has 0 aliphatic carbocycles. The predicted molar refractivity (Wildman–Crippen MR) is 63.8 cm³/mol. The molecule has 3 rings (SSSR count). The van der Waals surface area contributed by atoms with Gasteiger partial charge in [0, 0.05) is 6.42 Å². The van der Waals surface area contributed by atoms with E-state index in [9.17, 15) is 15.3 Å². The lowest BCUT2D eigenvalue weighted by molar-refractivity contribution is -0.139.